The molecule has 0 N–H and O–H groups in total. The number of methoxy groups -OCH3 is 2. The van der Waals surface area contributed by atoms with Crippen LogP contribution in [0.3, 0.4) is 0 Å². The van der Waals surface area contributed by atoms with Crippen LogP contribution in [-0.4, -0.2) is 26.2 Å². The maximum absolute atomic E-state index is 10.8. The molecule has 0 saturated heterocycles. The molecule has 222 valence electrons. The quantitative estimate of drug-likeness (QED) is 0.230. The van der Waals surface area contributed by atoms with Crippen molar-refractivity contribution < 1.29 is 19.1 Å². The fourth-order valence-corrected chi connectivity index (χ4v) is 2.99. The van der Waals surface area contributed by atoms with Gasteiger partial charge in [-0.1, -0.05) is 115 Å². The molecule has 0 spiro atoms. The van der Waals surface area contributed by atoms with Gasteiger partial charge < -0.3 is 9.47 Å². The van der Waals surface area contributed by atoms with E-state index in [0.29, 0.717) is 17.4 Å². The Morgan fingerprint density at radius 1 is 0.775 bits per heavy atom. The van der Waals surface area contributed by atoms with Crippen molar-refractivity contribution in [3.63, 3.8) is 0 Å². The average molecular weight is 551 g/mol. The first-order valence-corrected chi connectivity index (χ1v) is 14.0. The van der Waals surface area contributed by atoms with Crippen molar-refractivity contribution in [3.8, 4) is 0 Å². The summed E-state index contributed by atoms with van der Waals surface area (Å²) in [7, 11) is 2.75. The van der Waals surface area contributed by atoms with E-state index in [1.54, 1.807) is 6.92 Å². The Morgan fingerprint density at radius 3 is 1.27 bits per heavy atom. The van der Waals surface area contributed by atoms with E-state index in [0.717, 1.165) is 17.5 Å². The minimum Gasteiger partial charge on any atom is -0.469 e. The molecule has 40 heavy (non-hydrogen) atoms. The lowest BCUT2D eigenvalue weighted by Crippen LogP contribution is -2.24. The van der Waals surface area contributed by atoms with Crippen LogP contribution in [0.25, 0.3) is 12.2 Å². The first kappa shape index (κ1) is 38.7. The van der Waals surface area contributed by atoms with Gasteiger partial charge in [0.25, 0.3) is 0 Å². The Morgan fingerprint density at radius 2 is 1.12 bits per heavy atom. The Balaban J connectivity index is 0. The molecule has 0 bridgehead atoms. The highest BCUT2D eigenvalue weighted by Crippen LogP contribution is 2.23. The lowest BCUT2D eigenvalue weighted by molar-refractivity contribution is -0.150. The minimum absolute atomic E-state index is 0.134. The van der Waals surface area contributed by atoms with E-state index in [-0.39, 0.29) is 17.4 Å². The van der Waals surface area contributed by atoms with Crippen molar-refractivity contribution in [1.82, 2.24) is 0 Å². The summed E-state index contributed by atoms with van der Waals surface area (Å²) < 4.78 is 8.84. The van der Waals surface area contributed by atoms with Crippen molar-refractivity contribution >= 4 is 24.1 Å². The zero-order valence-electron chi connectivity index (χ0n) is 26.8. The van der Waals surface area contributed by atoms with Gasteiger partial charge in [-0.15, -0.1) is 0 Å². The summed E-state index contributed by atoms with van der Waals surface area (Å²) in [5, 5.41) is 0. The van der Waals surface area contributed by atoms with E-state index in [4.69, 9.17) is 0 Å². The van der Waals surface area contributed by atoms with Gasteiger partial charge in [-0.05, 0) is 74.1 Å². The van der Waals surface area contributed by atoms with Gasteiger partial charge >= 0.3 is 11.9 Å². The number of benzene rings is 2. The van der Waals surface area contributed by atoms with E-state index >= 15 is 0 Å². The molecule has 0 aromatic heterocycles. The summed E-state index contributed by atoms with van der Waals surface area (Å²) in [5.41, 5.74) is 5.35. The molecule has 2 atom stereocenters. The zero-order chi connectivity index (χ0) is 31.3. The number of esters is 2. The number of carbonyl (C=O) groups excluding carboxylic acids is 2. The normalized spacial score (nSPS) is 11.3. The summed E-state index contributed by atoms with van der Waals surface area (Å²) in [6.45, 7) is 27.1. The minimum atomic E-state index is -0.347. The third-order valence-corrected chi connectivity index (χ3v) is 6.86. The molecule has 0 amide bonds. The van der Waals surface area contributed by atoms with Crippen LogP contribution >= 0.6 is 0 Å². The van der Waals surface area contributed by atoms with Crippen molar-refractivity contribution in [1.29, 1.82) is 0 Å². The van der Waals surface area contributed by atoms with Gasteiger partial charge in [-0.25, -0.2) is 4.79 Å². The van der Waals surface area contributed by atoms with Crippen LogP contribution in [0.2, 0.25) is 0 Å². The predicted molar refractivity (Wildman–Crippen MR) is 173 cm³/mol. The maximum atomic E-state index is 10.8. The van der Waals surface area contributed by atoms with Crippen LogP contribution in [0.15, 0.2) is 73.8 Å². The number of hydrogen-bond donors (Lipinski definition) is 0. The van der Waals surface area contributed by atoms with Gasteiger partial charge in [0.05, 0.1) is 19.6 Å². The van der Waals surface area contributed by atoms with Crippen LogP contribution in [0.5, 0.6) is 0 Å². The molecule has 2 aromatic rings. The molecule has 2 unspecified atom stereocenters. The predicted octanol–water partition coefficient (Wildman–Crippen LogP) is 10.0. The summed E-state index contributed by atoms with van der Waals surface area (Å²) >= 11 is 0. The fraction of sp³-hybridized carbons (Fsp3) is 0.444. The van der Waals surface area contributed by atoms with Gasteiger partial charge in [-0.2, -0.15) is 0 Å². The first-order valence-electron chi connectivity index (χ1n) is 14.0. The summed E-state index contributed by atoms with van der Waals surface area (Å²) in [5.74, 6) is 0.909. The summed E-state index contributed by atoms with van der Waals surface area (Å²) in [6, 6.07) is 17.2. The average Bonchev–Trinajstić information content (AvgIpc) is 3.00. The van der Waals surface area contributed by atoms with E-state index < -0.39 is 0 Å². The topological polar surface area (TPSA) is 52.6 Å². The van der Waals surface area contributed by atoms with E-state index in [9.17, 15) is 9.59 Å². The molecule has 0 aliphatic rings. The second-order valence-electron chi connectivity index (χ2n) is 10.4. The SMILES string of the molecule is C=C(C)C(=O)OC.C=Cc1ccc(C=C)cc1.CCC(C)(C)C(=O)OC.CCC(C)c1ccc(C(C)CC)cc1. The van der Waals surface area contributed by atoms with Gasteiger partial charge in [-0.3, -0.25) is 4.79 Å². The monoisotopic (exact) mass is 550 g/mol. The highest BCUT2D eigenvalue weighted by atomic mass is 16.5. The lowest BCUT2D eigenvalue weighted by atomic mass is 9.91. The zero-order valence-corrected chi connectivity index (χ0v) is 26.8. The van der Waals surface area contributed by atoms with Crippen LogP contribution in [0, 0.1) is 5.41 Å². The Hall–Kier alpha value is -3.40. The smallest absolute Gasteiger partial charge is 0.332 e. The standard InChI is InChI=1S/C14H22.C10H10.C7H14O2.C5H8O2/c1-5-11(3)13-7-9-14(10-8-13)12(4)6-2;1-3-9-5-7-10(4-2)8-6-9;1-5-7(2,3)6(8)9-4;1-4(2)5(6)7-3/h7-12H,5-6H2,1-4H3;3-8H,1-2H2;5H2,1-4H3;1H2,2-3H3. The van der Waals surface area contributed by atoms with Gasteiger partial charge in [0.15, 0.2) is 0 Å². The molecular weight excluding hydrogens is 496 g/mol. The van der Waals surface area contributed by atoms with Crippen LogP contribution in [0.4, 0.5) is 0 Å². The molecule has 0 aliphatic carbocycles. The summed E-state index contributed by atoms with van der Waals surface area (Å²) in [6.07, 6.45) is 6.92. The number of hydrogen-bond acceptors (Lipinski definition) is 4. The Kier molecular flexibility index (Phi) is 20.8. The van der Waals surface area contributed by atoms with Crippen molar-refractivity contribution in [3.05, 3.63) is 96.1 Å². The molecule has 2 rings (SSSR count). The molecule has 0 fully saturated rings. The molecule has 4 heteroatoms. The van der Waals surface area contributed by atoms with Crippen LogP contribution in [0.1, 0.15) is 109 Å². The number of rotatable bonds is 9. The highest BCUT2D eigenvalue weighted by molar-refractivity contribution is 5.86. The molecule has 4 nitrogen and oxygen atoms in total. The largest absolute Gasteiger partial charge is 0.469 e. The third kappa shape index (κ3) is 15.9. The molecule has 0 radical (unpaired) electrons. The van der Waals surface area contributed by atoms with Crippen LogP contribution < -0.4 is 0 Å². The second kappa shape index (κ2) is 21.4. The molecule has 0 heterocycles. The third-order valence-electron chi connectivity index (χ3n) is 6.86. The van der Waals surface area contributed by atoms with Crippen molar-refractivity contribution in [2.75, 3.05) is 14.2 Å². The van der Waals surface area contributed by atoms with E-state index in [1.807, 2.05) is 57.2 Å². The molecule has 0 aliphatic heterocycles. The maximum Gasteiger partial charge on any atom is 0.332 e. The Labute approximate surface area is 245 Å². The van der Waals surface area contributed by atoms with Crippen LogP contribution in [-0.2, 0) is 19.1 Å². The first-order chi connectivity index (χ1) is 18.8. The van der Waals surface area contributed by atoms with E-state index in [1.165, 1.54) is 38.2 Å². The van der Waals surface area contributed by atoms with Crippen molar-refractivity contribution in [2.45, 2.75) is 86.5 Å². The number of ether oxygens (including phenoxy) is 2. The highest BCUT2D eigenvalue weighted by Gasteiger charge is 2.25. The number of carbonyl (C=O) groups is 2. The fourth-order valence-electron chi connectivity index (χ4n) is 2.99. The molecule has 0 saturated carbocycles. The molecular formula is C36H54O4. The van der Waals surface area contributed by atoms with E-state index in [2.05, 4.69) is 81.2 Å². The Bertz CT molecular complexity index is 958. The lowest BCUT2D eigenvalue weighted by Gasteiger charge is -2.17. The second-order valence-corrected chi connectivity index (χ2v) is 10.4. The van der Waals surface area contributed by atoms with Gasteiger partial charge in [0.2, 0.25) is 0 Å². The van der Waals surface area contributed by atoms with Gasteiger partial charge in [0, 0.05) is 5.57 Å². The van der Waals surface area contributed by atoms with Crippen molar-refractivity contribution in [2.24, 2.45) is 5.41 Å². The molecule has 2 aromatic carbocycles. The van der Waals surface area contributed by atoms with Gasteiger partial charge in [0.1, 0.15) is 0 Å². The summed E-state index contributed by atoms with van der Waals surface area (Å²) in [4.78, 5) is 21.0.